The van der Waals surface area contributed by atoms with E-state index in [1.54, 1.807) is 9.80 Å². The molecule has 8 heteroatoms. The van der Waals surface area contributed by atoms with Crippen LogP contribution in [0.5, 0.6) is 0 Å². The molecular weight excluding hydrogens is 448 g/mol. The van der Waals surface area contributed by atoms with Gasteiger partial charge in [-0.2, -0.15) is 0 Å². The number of hydrogen-bond donors (Lipinski definition) is 1. The molecule has 4 rings (SSSR count). The van der Waals surface area contributed by atoms with Crippen LogP contribution in [0.1, 0.15) is 60.3 Å². The van der Waals surface area contributed by atoms with Crippen molar-refractivity contribution >= 4 is 17.8 Å². The lowest BCUT2D eigenvalue weighted by Gasteiger charge is -2.43. The van der Waals surface area contributed by atoms with Crippen molar-refractivity contribution in [1.29, 1.82) is 0 Å². The van der Waals surface area contributed by atoms with Crippen LogP contribution in [0.4, 0.5) is 0 Å². The van der Waals surface area contributed by atoms with Crippen LogP contribution >= 0.6 is 0 Å². The lowest BCUT2D eigenvalue weighted by molar-refractivity contribution is -0.158. The van der Waals surface area contributed by atoms with Crippen molar-refractivity contribution < 1.29 is 29.0 Å². The number of esters is 1. The summed E-state index contributed by atoms with van der Waals surface area (Å²) < 4.78 is 12.2. The van der Waals surface area contributed by atoms with Gasteiger partial charge in [0.15, 0.2) is 0 Å². The molecule has 0 bridgehead atoms. The lowest BCUT2D eigenvalue weighted by atomic mass is 9.77. The molecule has 0 saturated carbocycles. The van der Waals surface area contributed by atoms with Gasteiger partial charge in [0.2, 0.25) is 11.8 Å². The van der Waals surface area contributed by atoms with Gasteiger partial charge in [-0.3, -0.25) is 14.4 Å². The van der Waals surface area contributed by atoms with Crippen LogP contribution in [-0.2, 0) is 23.9 Å². The van der Waals surface area contributed by atoms with Gasteiger partial charge in [0.05, 0.1) is 31.3 Å². The van der Waals surface area contributed by atoms with Crippen molar-refractivity contribution in [2.45, 2.75) is 89.6 Å². The van der Waals surface area contributed by atoms with Crippen molar-refractivity contribution in [1.82, 2.24) is 9.80 Å². The molecule has 0 aliphatic carbocycles. The van der Waals surface area contributed by atoms with Gasteiger partial charge in [0.25, 0.3) is 0 Å². The molecule has 0 aromatic heterocycles. The average Bonchev–Trinajstić information content (AvgIpc) is 3.18. The number of aliphatic hydroxyl groups excluding tert-OH is 1. The van der Waals surface area contributed by atoms with Crippen LogP contribution in [0.15, 0.2) is 24.3 Å². The van der Waals surface area contributed by atoms with Gasteiger partial charge in [0.1, 0.15) is 17.6 Å². The summed E-state index contributed by atoms with van der Waals surface area (Å²) in [4.78, 5) is 45.1. The predicted octanol–water partition coefficient (Wildman–Crippen LogP) is 2.45. The summed E-state index contributed by atoms with van der Waals surface area (Å²) in [6.07, 6.45) is 10.1. The molecule has 1 spiro atoms. The maximum absolute atomic E-state index is 14.2. The molecule has 4 heterocycles. The van der Waals surface area contributed by atoms with Crippen molar-refractivity contribution in [2.24, 2.45) is 17.8 Å². The molecular formula is C27H40N2O6. The first-order chi connectivity index (χ1) is 16.6. The van der Waals surface area contributed by atoms with E-state index in [4.69, 9.17) is 9.47 Å². The maximum Gasteiger partial charge on any atom is 0.312 e. The third-order valence-electron chi connectivity index (χ3n) is 8.19. The number of fused-ring (bicyclic) bond motifs is 2. The Hall–Kier alpha value is -2.19. The van der Waals surface area contributed by atoms with Crippen LogP contribution in [0.2, 0.25) is 0 Å². The minimum absolute atomic E-state index is 0.0466. The molecule has 2 amide bonds. The SMILES string of the molecule is CC[C@H](C)[C@H](CO)N1C(=O)[C@@H]2[C@@H]3C(=O)OCCCC/C=C\[C@@H]3O[C@@]23C=CCN(C(C)(C)C)C(=O)C13. The summed E-state index contributed by atoms with van der Waals surface area (Å²) >= 11 is 0. The van der Waals surface area contributed by atoms with Crippen molar-refractivity contribution in [3.8, 4) is 0 Å². The van der Waals surface area contributed by atoms with Crippen molar-refractivity contribution in [3.05, 3.63) is 24.3 Å². The topological polar surface area (TPSA) is 96.4 Å². The van der Waals surface area contributed by atoms with Gasteiger partial charge in [0, 0.05) is 12.1 Å². The monoisotopic (exact) mass is 488 g/mol. The van der Waals surface area contributed by atoms with Crippen LogP contribution in [0, 0.1) is 17.8 Å². The third-order valence-corrected chi connectivity index (χ3v) is 8.19. The highest BCUT2D eigenvalue weighted by Gasteiger charge is 2.72. The van der Waals surface area contributed by atoms with E-state index >= 15 is 0 Å². The molecule has 1 unspecified atom stereocenters. The van der Waals surface area contributed by atoms with Gasteiger partial charge in [-0.1, -0.05) is 44.6 Å². The quantitative estimate of drug-likeness (QED) is 0.482. The van der Waals surface area contributed by atoms with E-state index in [2.05, 4.69) is 0 Å². The molecule has 0 aromatic carbocycles. The number of carbonyl (C=O) groups is 3. The fourth-order valence-electron chi connectivity index (χ4n) is 6.13. The second-order valence-corrected chi connectivity index (χ2v) is 11.3. The number of nitrogens with zero attached hydrogens (tertiary/aromatic N) is 2. The van der Waals surface area contributed by atoms with Gasteiger partial charge in [-0.25, -0.2) is 0 Å². The van der Waals surface area contributed by atoms with E-state index in [0.29, 0.717) is 13.2 Å². The Bertz CT molecular complexity index is 908. The predicted molar refractivity (Wildman–Crippen MR) is 130 cm³/mol. The Labute approximate surface area is 208 Å². The smallest absolute Gasteiger partial charge is 0.312 e. The van der Waals surface area contributed by atoms with Crippen LogP contribution in [0.25, 0.3) is 0 Å². The fraction of sp³-hybridized carbons (Fsp3) is 0.741. The number of amides is 2. The highest BCUT2D eigenvalue weighted by atomic mass is 16.6. The first-order valence-corrected chi connectivity index (χ1v) is 13.0. The normalized spacial score (nSPS) is 36.1. The Morgan fingerprint density at radius 3 is 2.57 bits per heavy atom. The van der Waals surface area contributed by atoms with E-state index in [9.17, 15) is 19.5 Å². The zero-order chi connectivity index (χ0) is 25.5. The second-order valence-electron chi connectivity index (χ2n) is 11.3. The summed E-state index contributed by atoms with van der Waals surface area (Å²) in [7, 11) is 0. The molecule has 35 heavy (non-hydrogen) atoms. The molecule has 2 fully saturated rings. The molecule has 8 nitrogen and oxygen atoms in total. The van der Waals surface area contributed by atoms with Crippen LogP contribution < -0.4 is 0 Å². The number of aliphatic hydroxyl groups is 1. The highest BCUT2D eigenvalue weighted by Crippen LogP contribution is 2.54. The van der Waals surface area contributed by atoms with Gasteiger partial charge in [-0.15, -0.1) is 0 Å². The second kappa shape index (κ2) is 9.69. The average molecular weight is 489 g/mol. The number of likely N-dealkylation sites (tertiary alicyclic amines) is 1. The number of ether oxygens (including phenoxy) is 2. The van der Waals surface area contributed by atoms with Crippen molar-refractivity contribution in [2.75, 3.05) is 19.8 Å². The van der Waals surface area contributed by atoms with Gasteiger partial charge >= 0.3 is 5.97 Å². The molecule has 2 saturated heterocycles. The van der Waals surface area contributed by atoms with Crippen LogP contribution in [0.3, 0.4) is 0 Å². The molecule has 7 atom stereocenters. The minimum Gasteiger partial charge on any atom is -0.465 e. The Morgan fingerprint density at radius 2 is 1.91 bits per heavy atom. The fourth-order valence-corrected chi connectivity index (χ4v) is 6.13. The number of cyclic esters (lactones) is 1. The maximum atomic E-state index is 14.2. The van der Waals surface area contributed by atoms with Gasteiger partial charge in [-0.05, 0) is 46.0 Å². The molecule has 0 aromatic rings. The number of carbonyl (C=O) groups excluding carboxylic acids is 3. The molecule has 0 radical (unpaired) electrons. The van der Waals surface area contributed by atoms with Crippen molar-refractivity contribution in [3.63, 3.8) is 0 Å². The molecule has 4 aliphatic rings. The summed E-state index contributed by atoms with van der Waals surface area (Å²) in [5, 5.41) is 10.4. The summed E-state index contributed by atoms with van der Waals surface area (Å²) in [6, 6.07) is -1.53. The van der Waals surface area contributed by atoms with E-state index in [1.807, 2.05) is 58.9 Å². The Balaban J connectivity index is 1.88. The number of allylic oxidation sites excluding steroid dienone is 1. The number of hydrogen-bond acceptors (Lipinski definition) is 6. The first kappa shape index (κ1) is 25.9. The first-order valence-electron chi connectivity index (χ1n) is 13.0. The largest absolute Gasteiger partial charge is 0.465 e. The summed E-state index contributed by atoms with van der Waals surface area (Å²) in [5.41, 5.74) is -1.79. The van der Waals surface area contributed by atoms with Gasteiger partial charge < -0.3 is 24.4 Å². The zero-order valence-electron chi connectivity index (χ0n) is 21.6. The number of rotatable bonds is 4. The standard InChI is InChI=1S/C27H40N2O6/c1-6-17(2)18(16-30)29-22-24(32)28(26(3,4)5)14-11-13-27(22)21(23(29)31)20-19(35-27)12-9-7-8-10-15-34-25(20)33/h9,11-13,17-22,30H,6-8,10,14-16H2,1-5H3/b12-9-/t17-,18-,19-,20+,21-,22?,27-/m0/s1. The van der Waals surface area contributed by atoms with Crippen LogP contribution in [-0.4, -0.2) is 81.8 Å². The zero-order valence-corrected chi connectivity index (χ0v) is 21.6. The van der Waals surface area contributed by atoms with E-state index < -0.39 is 47.1 Å². The molecule has 1 N–H and O–H groups in total. The van der Waals surface area contributed by atoms with E-state index in [1.165, 1.54) is 0 Å². The Morgan fingerprint density at radius 1 is 1.17 bits per heavy atom. The van der Waals surface area contributed by atoms with E-state index in [0.717, 1.165) is 25.7 Å². The highest BCUT2D eigenvalue weighted by molar-refractivity contribution is 5.99. The summed E-state index contributed by atoms with van der Waals surface area (Å²) in [5.74, 6) is -2.79. The minimum atomic E-state index is -1.30. The summed E-state index contributed by atoms with van der Waals surface area (Å²) in [6.45, 7) is 10.3. The Kier molecular flexibility index (Phi) is 7.17. The molecule has 4 aliphatic heterocycles. The third kappa shape index (κ3) is 4.22. The molecule has 194 valence electrons. The lowest BCUT2D eigenvalue weighted by Crippen LogP contribution is -2.61. The van der Waals surface area contributed by atoms with E-state index in [-0.39, 0.29) is 24.3 Å².